The second-order valence-corrected chi connectivity index (χ2v) is 6.37. The summed E-state index contributed by atoms with van der Waals surface area (Å²) < 4.78 is 5.41. The maximum absolute atomic E-state index is 9.42. The van der Waals surface area contributed by atoms with Crippen molar-refractivity contribution in [3.05, 3.63) is 29.8 Å². The Labute approximate surface area is 121 Å². The van der Waals surface area contributed by atoms with Crippen molar-refractivity contribution in [1.29, 1.82) is 0 Å². The Kier molecular flexibility index (Phi) is 5.02. The normalized spacial score (nSPS) is 20.2. The van der Waals surface area contributed by atoms with Crippen molar-refractivity contribution in [2.24, 2.45) is 0 Å². The lowest BCUT2D eigenvalue weighted by Crippen LogP contribution is -2.47. The number of morpholine rings is 1. The van der Waals surface area contributed by atoms with Crippen molar-refractivity contribution in [2.75, 3.05) is 31.3 Å². The number of benzene rings is 1. The fraction of sp³-hybridized carbons (Fsp3) is 0.625. The molecule has 0 aliphatic carbocycles. The summed E-state index contributed by atoms with van der Waals surface area (Å²) in [4.78, 5) is 2.23. The number of hydrogen-bond acceptors (Lipinski definition) is 4. The molecule has 0 bridgehead atoms. The molecule has 1 aliphatic heterocycles. The summed E-state index contributed by atoms with van der Waals surface area (Å²) >= 11 is 0. The van der Waals surface area contributed by atoms with E-state index in [0.717, 1.165) is 25.4 Å². The van der Waals surface area contributed by atoms with Gasteiger partial charge in [0.25, 0.3) is 0 Å². The highest BCUT2D eigenvalue weighted by Gasteiger charge is 2.22. The maximum atomic E-state index is 9.42. The van der Waals surface area contributed by atoms with Crippen LogP contribution in [0.4, 0.5) is 5.69 Å². The Balaban J connectivity index is 2.00. The van der Waals surface area contributed by atoms with Gasteiger partial charge in [-0.25, -0.2) is 0 Å². The van der Waals surface area contributed by atoms with Gasteiger partial charge < -0.3 is 20.1 Å². The van der Waals surface area contributed by atoms with Gasteiger partial charge in [-0.15, -0.1) is 0 Å². The van der Waals surface area contributed by atoms with E-state index in [-0.39, 0.29) is 18.2 Å². The highest BCUT2D eigenvalue weighted by molar-refractivity contribution is 5.49. The van der Waals surface area contributed by atoms with Gasteiger partial charge >= 0.3 is 0 Å². The monoisotopic (exact) mass is 278 g/mol. The van der Waals surface area contributed by atoms with Crippen LogP contribution in [0.1, 0.15) is 26.3 Å². The van der Waals surface area contributed by atoms with E-state index in [4.69, 9.17) is 4.74 Å². The summed E-state index contributed by atoms with van der Waals surface area (Å²) in [7, 11) is 0. The first-order chi connectivity index (χ1) is 9.49. The van der Waals surface area contributed by atoms with Crippen LogP contribution in [0.15, 0.2) is 24.3 Å². The zero-order valence-corrected chi connectivity index (χ0v) is 12.7. The number of hydrogen-bond donors (Lipinski definition) is 2. The number of rotatable bonds is 4. The van der Waals surface area contributed by atoms with Crippen LogP contribution in [-0.2, 0) is 11.3 Å². The average molecular weight is 278 g/mol. The summed E-state index contributed by atoms with van der Waals surface area (Å²) in [6, 6.07) is 8.64. The van der Waals surface area contributed by atoms with E-state index in [0.29, 0.717) is 6.61 Å². The van der Waals surface area contributed by atoms with E-state index in [1.807, 2.05) is 0 Å². The highest BCUT2D eigenvalue weighted by atomic mass is 16.5. The zero-order chi connectivity index (χ0) is 14.6. The van der Waals surface area contributed by atoms with Crippen LogP contribution in [0.25, 0.3) is 0 Å². The average Bonchev–Trinajstić information content (AvgIpc) is 2.45. The van der Waals surface area contributed by atoms with Crippen LogP contribution in [0.5, 0.6) is 0 Å². The molecule has 0 spiro atoms. The lowest BCUT2D eigenvalue weighted by molar-refractivity contribution is 0.0727. The standard InChI is InChI=1S/C16H26N2O2/c1-16(2,3)17-10-13-4-6-14(7-5-13)18-8-9-20-12-15(18)11-19/h4-7,15,17,19H,8-12H2,1-3H3. The Bertz CT molecular complexity index is 411. The molecular formula is C16H26N2O2. The number of anilines is 1. The van der Waals surface area contributed by atoms with Crippen LogP contribution in [0, 0.1) is 0 Å². The fourth-order valence-electron chi connectivity index (χ4n) is 2.32. The van der Waals surface area contributed by atoms with Gasteiger partial charge in [-0.05, 0) is 38.5 Å². The van der Waals surface area contributed by atoms with Crippen LogP contribution in [0.3, 0.4) is 0 Å². The van der Waals surface area contributed by atoms with Gasteiger partial charge in [0.1, 0.15) is 0 Å². The molecule has 0 aromatic heterocycles. The van der Waals surface area contributed by atoms with E-state index >= 15 is 0 Å². The van der Waals surface area contributed by atoms with E-state index in [1.165, 1.54) is 5.56 Å². The molecule has 1 aromatic rings. The van der Waals surface area contributed by atoms with Gasteiger partial charge in [-0.2, -0.15) is 0 Å². The molecule has 0 saturated carbocycles. The maximum Gasteiger partial charge on any atom is 0.0755 e. The first-order valence-electron chi connectivity index (χ1n) is 7.29. The minimum absolute atomic E-state index is 0.0716. The Morgan fingerprint density at radius 3 is 2.60 bits per heavy atom. The molecule has 4 heteroatoms. The second kappa shape index (κ2) is 6.57. The molecule has 112 valence electrons. The zero-order valence-electron chi connectivity index (χ0n) is 12.7. The third kappa shape index (κ3) is 4.20. The summed E-state index contributed by atoms with van der Waals surface area (Å²) in [6.45, 7) is 9.67. The molecule has 1 atom stereocenters. The molecule has 2 N–H and O–H groups in total. The second-order valence-electron chi connectivity index (χ2n) is 6.37. The molecule has 0 radical (unpaired) electrons. The molecule has 4 nitrogen and oxygen atoms in total. The van der Waals surface area contributed by atoms with Crippen LogP contribution in [0.2, 0.25) is 0 Å². The molecule has 1 fully saturated rings. The number of nitrogens with zero attached hydrogens (tertiary/aromatic N) is 1. The molecule has 1 unspecified atom stereocenters. The first-order valence-corrected chi connectivity index (χ1v) is 7.29. The minimum atomic E-state index is 0.0716. The first kappa shape index (κ1) is 15.3. The van der Waals surface area contributed by atoms with Gasteiger partial charge in [0.15, 0.2) is 0 Å². The van der Waals surface area contributed by atoms with Crippen LogP contribution in [-0.4, -0.2) is 43.1 Å². The number of nitrogens with one attached hydrogen (secondary N) is 1. The van der Waals surface area contributed by atoms with Crippen molar-refractivity contribution >= 4 is 5.69 Å². The largest absolute Gasteiger partial charge is 0.394 e. The number of aliphatic hydroxyl groups excluding tert-OH is 1. The molecule has 2 rings (SSSR count). The number of ether oxygens (including phenoxy) is 1. The van der Waals surface area contributed by atoms with Crippen molar-refractivity contribution in [3.63, 3.8) is 0 Å². The summed E-state index contributed by atoms with van der Waals surface area (Å²) in [5.41, 5.74) is 2.56. The molecule has 1 saturated heterocycles. The van der Waals surface area contributed by atoms with Crippen LogP contribution < -0.4 is 10.2 Å². The molecule has 1 aliphatic rings. The summed E-state index contributed by atoms with van der Waals surface area (Å²) in [5.74, 6) is 0. The third-order valence-electron chi connectivity index (χ3n) is 3.53. The smallest absolute Gasteiger partial charge is 0.0755 e. The van der Waals surface area contributed by atoms with E-state index < -0.39 is 0 Å². The van der Waals surface area contributed by atoms with Gasteiger partial charge in [0, 0.05) is 24.3 Å². The van der Waals surface area contributed by atoms with Gasteiger partial charge in [0.05, 0.1) is 25.9 Å². The minimum Gasteiger partial charge on any atom is -0.394 e. The van der Waals surface area contributed by atoms with Crippen molar-refractivity contribution < 1.29 is 9.84 Å². The topological polar surface area (TPSA) is 44.7 Å². The van der Waals surface area contributed by atoms with E-state index in [1.54, 1.807) is 0 Å². The predicted octanol–water partition coefficient (Wildman–Crippen LogP) is 1.77. The number of aliphatic hydroxyl groups is 1. The molecular weight excluding hydrogens is 252 g/mol. The van der Waals surface area contributed by atoms with Crippen molar-refractivity contribution in [2.45, 2.75) is 38.9 Å². The molecule has 20 heavy (non-hydrogen) atoms. The third-order valence-corrected chi connectivity index (χ3v) is 3.53. The van der Waals surface area contributed by atoms with E-state index in [2.05, 4.69) is 55.3 Å². The van der Waals surface area contributed by atoms with Crippen molar-refractivity contribution in [1.82, 2.24) is 5.32 Å². The van der Waals surface area contributed by atoms with Crippen LogP contribution >= 0.6 is 0 Å². The Morgan fingerprint density at radius 1 is 1.30 bits per heavy atom. The quantitative estimate of drug-likeness (QED) is 0.881. The summed E-state index contributed by atoms with van der Waals surface area (Å²) in [5, 5.41) is 12.9. The lowest BCUT2D eigenvalue weighted by Gasteiger charge is -2.36. The molecule has 0 amide bonds. The van der Waals surface area contributed by atoms with Gasteiger partial charge in [0.2, 0.25) is 0 Å². The lowest BCUT2D eigenvalue weighted by atomic mass is 10.1. The SMILES string of the molecule is CC(C)(C)NCc1ccc(N2CCOCC2CO)cc1. The van der Waals surface area contributed by atoms with Crippen molar-refractivity contribution in [3.8, 4) is 0 Å². The highest BCUT2D eigenvalue weighted by Crippen LogP contribution is 2.20. The Morgan fingerprint density at radius 2 is 2.00 bits per heavy atom. The van der Waals surface area contributed by atoms with Gasteiger partial charge in [-0.3, -0.25) is 0 Å². The molecule has 1 aromatic carbocycles. The summed E-state index contributed by atoms with van der Waals surface area (Å²) in [6.07, 6.45) is 0. The Hall–Kier alpha value is -1.10. The molecule has 1 heterocycles. The van der Waals surface area contributed by atoms with Gasteiger partial charge in [-0.1, -0.05) is 12.1 Å². The fourth-order valence-corrected chi connectivity index (χ4v) is 2.32. The van der Waals surface area contributed by atoms with E-state index in [9.17, 15) is 5.11 Å². The predicted molar refractivity (Wildman–Crippen MR) is 82.1 cm³/mol.